The SMILES string of the molecule is NC(Cc1cccc(F)c1)c1ccc(Br)c(Cl)c1F. The van der Waals surface area contributed by atoms with Crippen LogP contribution < -0.4 is 5.73 Å². The van der Waals surface area contributed by atoms with Gasteiger partial charge in [0, 0.05) is 16.1 Å². The lowest BCUT2D eigenvalue weighted by atomic mass is 9.99. The van der Waals surface area contributed by atoms with Crippen molar-refractivity contribution in [3.05, 3.63) is 68.7 Å². The lowest BCUT2D eigenvalue weighted by Gasteiger charge is -2.14. The second-order valence-corrected chi connectivity index (χ2v) is 5.44. The normalized spacial score (nSPS) is 12.5. The van der Waals surface area contributed by atoms with Crippen molar-refractivity contribution in [2.75, 3.05) is 0 Å². The van der Waals surface area contributed by atoms with E-state index in [9.17, 15) is 8.78 Å². The molecule has 19 heavy (non-hydrogen) atoms. The Kier molecular flexibility index (Phi) is 4.55. The summed E-state index contributed by atoms with van der Waals surface area (Å²) in [6.45, 7) is 0. The summed E-state index contributed by atoms with van der Waals surface area (Å²) in [5, 5.41) is 0.00666. The van der Waals surface area contributed by atoms with Crippen molar-refractivity contribution in [3.8, 4) is 0 Å². The second kappa shape index (κ2) is 5.99. The van der Waals surface area contributed by atoms with Crippen LogP contribution in [-0.2, 0) is 6.42 Å². The van der Waals surface area contributed by atoms with Gasteiger partial charge < -0.3 is 5.73 Å². The van der Waals surface area contributed by atoms with Crippen molar-refractivity contribution in [3.63, 3.8) is 0 Å². The van der Waals surface area contributed by atoms with Gasteiger partial charge in [0.05, 0.1) is 5.02 Å². The first kappa shape index (κ1) is 14.4. The minimum atomic E-state index is -0.576. The van der Waals surface area contributed by atoms with Gasteiger partial charge in [0.1, 0.15) is 11.6 Å². The quantitative estimate of drug-likeness (QED) is 0.806. The average Bonchev–Trinajstić information content (AvgIpc) is 2.36. The predicted octanol–water partition coefficient (Wildman–Crippen LogP) is 4.62. The number of benzene rings is 2. The monoisotopic (exact) mass is 345 g/mol. The van der Waals surface area contributed by atoms with Crippen LogP contribution in [-0.4, -0.2) is 0 Å². The Bertz CT molecular complexity index is 604. The molecule has 2 aromatic rings. The molecular weight excluding hydrogens is 336 g/mol. The standard InChI is InChI=1S/C14H11BrClF2N/c15-11-5-4-10(14(18)13(11)16)12(19)7-8-2-1-3-9(17)6-8/h1-6,12H,7,19H2. The van der Waals surface area contributed by atoms with E-state index in [4.69, 9.17) is 17.3 Å². The maximum absolute atomic E-state index is 14.0. The van der Waals surface area contributed by atoms with Crippen LogP contribution in [0.1, 0.15) is 17.2 Å². The van der Waals surface area contributed by atoms with E-state index in [-0.39, 0.29) is 10.8 Å². The molecule has 1 unspecified atom stereocenters. The molecule has 2 aromatic carbocycles. The largest absolute Gasteiger partial charge is 0.324 e. The molecule has 0 radical (unpaired) electrons. The zero-order chi connectivity index (χ0) is 14.0. The molecule has 2 N–H and O–H groups in total. The van der Waals surface area contributed by atoms with Gasteiger partial charge in [-0.15, -0.1) is 0 Å². The van der Waals surface area contributed by atoms with Gasteiger partial charge in [-0.05, 0) is 46.1 Å². The molecule has 1 atom stereocenters. The van der Waals surface area contributed by atoms with Crippen LogP contribution in [0.25, 0.3) is 0 Å². The van der Waals surface area contributed by atoms with Gasteiger partial charge in [0.2, 0.25) is 0 Å². The summed E-state index contributed by atoms with van der Waals surface area (Å²) in [4.78, 5) is 0. The van der Waals surface area contributed by atoms with Crippen molar-refractivity contribution in [2.24, 2.45) is 5.73 Å². The lowest BCUT2D eigenvalue weighted by Crippen LogP contribution is -2.15. The molecule has 0 heterocycles. The number of halogens is 4. The first-order chi connectivity index (χ1) is 8.99. The van der Waals surface area contributed by atoms with Gasteiger partial charge in [0.25, 0.3) is 0 Å². The minimum absolute atomic E-state index is 0.00666. The molecule has 100 valence electrons. The molecule has 0 saturated heterocycles. The Balaban J connectivity index is 2.25. The summed E-state index contributed by atoms with van der Waals surface area (Å²) in [5.41, 5.74) is 6.99. The second-order valence-electron chi connectivity index (χ2n) is 4.21. The summed E-state index contributed by atoms with van der Waals surface area (Å²) in [7, 11) is 0. The Hall–Kier alpha value is -0.970. The first-order valence-corrected chi connectivity index (χ1v) is 6.79. The number of hydrogen-bond acceptors (Lipinski definition) is 1. The van der Waals surface area contributed by atoms with Gasteiger partial charge in [0.15, 0.2) is 0 Å². The van der Waals surface area contributed by atoms with E-state index in [0.29, 0.717) is 22.0 Å². The van der Waals surface area contributed by atoms with Crippen LogP contribution in [0.4, 0.5) is 8.78 Å². The van der Waals surface area contributed by atoms with E-state index in [2.05, 4.69) is 15.9 Å². The maximum atomic E-state index is 14.0. The van der Waals surface area contributed by atoms with E-state index in [0.717, 1.165) is 0 Å². The molecule has 0 bridgehead atoms. The zero-order valence-corrected chi connectivity index (χ0v) is 12.2. The Labute approximate surface area is 123 Å². The lowest BCUT2D eigenvalue weighted by molar-refractivity contribution is 0.578. The first-order valence-electron chi connectivity index (χ1n) is 5.62. The molecule has 0 aromatic heterocycles. The van der Waals surface area contributed by atoms with Gasteiger partial charge in [-0.3, -0.25) is 0 Å². The number of rotatable bonds is 3. The van der Waals surface area contributed by atoms with Crippen molar-refractivity contribution in [1.82, 2.24) is 0 Å². The zero-order valence-electron chi connectivity index (χ0n) is 9.84. The topological polar surface area (TPSA) is 26.0 Å². The highest BCUT2D eigenvalue weighted by Crippen LogP contribution is 2.30. The highest BCUT2D eigenvalue weighted by molar-refractivity contribution is 9.10. The van der Waals surface area contributed by atoms with Gasteiger partial charge >= 0.3 is 0 Å². The van der Waals surface area contributed by atoms with Gasteiger partial charge in [-0.2, -0.15) is 0 Å². The number of nitrogens with two attached hydrogens (primary N) is 1. The van der Waals surface area contributed by atoms with E-state index in [1.807, 2.05) is 0 Å². The number of hydrogen-bond donors (Lipinski definition) is 1. The van der Waals surface area contributed by atoms with E-state index >= 15 is 0 Å². The molecule has 1 nitrogen and oxygen atoms in total. The van der Waals surface area contributed by atoms with Crippen molar-refractivity contribution in [2.45, 2.75) is 12.5 Å². The van der Waals surface area contributed by atoms with E-state index in [1.165, 1.54) is 12.1 Å². The molecule has 5 heteroatoms. The fraction of sp³-hybridized carbons (Fsp3) is 0.143. The molecule has 0 aliphatic rings. The van der Waals surface area contributed by atoms with Crippen LogP contribution in [0.15, 0.2) is 40.9 Å². The summed E-state index contributed by atoms with van der Waals surface area (Å²) in [6.07, 6.45) is 0.340. The van der Waals surface area contributed by atoms with Crippen LogP contribution >= 0.6 is 27.5 Å². The summed E-state index contributed by atoms with van der Waals surface area (Å²) in [6, 6.07) is 8.74. The fourth-order valence-corrected chi connectivity index (χ4v) is 2.33. The molecule has 0 aliphatic carbocycles. The highest BCUT2D eigenvalue weighted by atomic mass is 79.9. The van der Waals surface area contributed by atoms with Crippen LogP contribution in [0, 0.1) is 11.6 Å². The minimum Gasteiger partial charge on any atom is -0.324 e. The summed E-state index contributed by atoms with van der Waals surface area (Å²) >= 11 is 8.96. The van der Waals surface area contributed by atoms with Gasteiger partial charge in [-0.1, -0.05) is 29.8 Å². The van der Waals surface area contributed by atoms with Crippen LogP contribution in [0.3, 0.4) is 0 Å². The van der Waals surface area contributed by atoms with Crippen LogP contribution in [0.2, 0.25) is 5.02 Å². The molecule has 2 rings (SSSR count). The Morgan fingerprint density at radius 3 is 2.63 bits per heavy atom. The molecular formula is C14H11BrClF2N. The van der Waals surface area contributed by atoms with Crippen molar-refractivity contribution >= 4 is 27.5 Å². The molecule has 0 amide bonds. The van der Waals surface area contributed by atoms with Crippen LogP contribution in [0.5, 0.6) is 0 Å². The Morgan fingerprint density at radius 1 is 1.21 bits per heavy atom. The third-order valence-corrected chi connectivity index (χ3v) is 4.07. The fourth-order valence-electron chi connectivity index (χ4n) is 1.86. The van der Waals surface area contributed by atoms with E-state index < -0.39 is 11.9 Å². The third-order valence-electron chi connectivity index (χ3n) is 2.81. The highest BCUT2D eigenvalue weighted by Gasteiger charge is 2.16. The Morgan fingerprint density at radius 2 is 1.95 bits per heavy atom. The summed E-state index contributed by atoms with van der Waals surface area (Å²) < 4.78 is 27.5. The third kappa shape index (κ3) is 3.32. The maximum Gasteiger partial charge on any atom is 0.147 e. The molecule has 0 aliphatic heterocycles. The predicted molar refractivity (Wildman–Crippen MR) is 76.1 cm³/mol. The van der Waals surface area contributed by atoms with Gasteiger partial charge in [-0.25, -0.2) is 8.78 Å². The molecule has 0 saturated carbocycles. The average molecular weight is 347 g/mol. The van der Waals surface area contributed by atoms with Crippen molar-refractivity contribution in [1.29, 1.82) is 0 Å². The summed E-state index contributed by atoms with van der Waals surface area (Å²) in [5.74, 6) is -0.876. The smallest absolute Gasteiger partial charge is 0.147 e. The van der Waals surface area contributed by atoms with Crippen molar-refractivity contribution < 1.29 is 8.78 Å². The van der Waals surface area contributed by atoms with E-state index in [1.54, 1.807) is 24.3 Å². The molecule has 0 fully saturated rings. The molecule has 0 spiro atoms.